The molecular weight excluding hydrogens is 294 g/mol. The van der Waals surface area contributed by atoms with Gasteiger partial charge < -0.3 is 30.8 Å². The first-order chi connectivity index (χ1) is 10.3. The number of aliphatic hydroxyl groups is 4. The Morgan fingerprint density at radius 3 is 1.91 bits per heavy atom. The van der Waals surface area contributed by atoms with E-state index < -0.39 is 36.3 Å². The second-order valence-electron chi connectivity index (χ2n) is 5.27. The fourth-order valence-corrected chi connectivity index (χ4v) is 1.90. The zero-order valence-electron chi connectivity index (χ0n) is 12.8. The topological polar surface area (TPSA) is 147 Å². The van der Waals surface area contributed by atoms with E-state index in [1.54, 1.807) is 0 Å². The molecule has 0 rings (SSSR count). The number of unbranched alkanes of at least 4 members (excludes halogenated alkanes) is 5. The average molecular weight is 321 g/mol. The Hall–Kier alpha value is -1.22. The summed E-state index contributed by atoms with van der Waals surface area (Å²) in [6, 6.07) is 0. The molecule has 0 radical (unpaired) electrons. The van der Waals surface area contributed by atoms with Gasteiger partial charge in [-0.05, 0) is 6.42 Å². The van der Waals surface area contributed by atoms with Crippen LogP contribution in [0.1, 0.15) is 45.4 Å². The molecule has 0 aromatic heterocycles. The first-order valence-electron chi connectivity index (χ1n) is 7.55. The number of carbonyl (C=O) groups excluding carboxylic acids is 1. The van der Waals surface area contributed by atoms with Gasteiger partial charge in [0.25, 0.3) is 5.91 Å². The Morgan fingerprint density at radius 1 is 0.864 bits per heavy atom. The molecule has 0 fully saturated rings. The minimum absolute atomic E-state index is 0.312. The lowest BCUT2D eigenvalue weighted by Crippen LogP contribution is -2.52. The molecule has 0 aliphatic carbocycles. The molecule has 0 unspecified atom stereocenters. The molecule has 8 heteroatoms. The number of aliphatic carboxylic acids is 1. The Bertz CT molecular complexity index is 337. The normalized spacial score (nSPS) is 16.6. The van der Waals surface area contributed by atoms with Gasteiger partial charge in [-0.3, -0.25) is 4.79 Å². The van der Waals surface area contributed by atoms with Crippen LogP contribution in [0.15, 0.2) is 0 Å². The maximum absolute atomic E-state index is 11.6. The van der Waals surface area contributed by atoms with Crippen molar-refractivity contribution in [3.8, 4) is 0 Å². The molecule has 130 valence electrons. The van der Waals surface area contributed by atoms with E-state index in [-0.39, 0.29) is 0 Å². The minimum atomic E-state index is -2.28. The van der Waals surface area contributed by atoms with Crippen LogP contribution >= 0.6 is 0 Å². The first-order valence-corrected chi connectivity index (χ1v) is 7.55. The van der Waals surface area contributed by atoms with Crippen LogP contribution in [0.3, 0.4) is 0 Å². The van der Waals surface area contributed by atoms with Gasteiger partial charge in [-0.1, -0.05) is 39.0 Å². The summed E-state index contributed by atoms with van der Waals surface area (Å²) in [5.41, 5.74) is 0. The lowest BCUT2D eigenvalue weighted by atomic mass is 10.0. The quantitative estimate of drug-likeness (QED) is 0.252. The van der Waals surface area contributed by atoms with E-state index in [0.717, 1.165) is 32.1 Å². The predicted molar refractivity (Wildman–Crippen MR) is 78.0 cm³/mol. The highest BCUT2D eigenvalue weighted by Gasteiger charge is 2.37. The smallest absolute Gasteiger partial charge is 0.335 e. The van der Waals surface area contributed by atoms with Crippen molar-refractivity contribution >= 4 is 11.9 Å². The number of carboxylic acids is 1. The molecule has 4 atom stereocenters. The second-order valence-corrected chi connectivity index (χ2v) is 5.27. The molecule has 1 amide bonds. The van der Waals surface area contributed by atoms with E-state index in [4.69, 9.17) is 10.2 Å². The van der Waals surface area contributed by atoms with Crippen molar-refractivity contribution < 1.29 is 35.1 Å². The maximum Gasteiger partial charge on any atom is 0.335 e. The van der Waals surface area contributed by atoms with Crippen LogP contribution in [0, 0.1) is 0 Å². The maximum atomic E-state index is 11.6. The summed E-state index contributed by atoms with van der Waals surface area (Å²) in [6.07, 6.45) is -2.39. The number of aliphatic hydroxyl groups excluding tert-OH is 4. The van der Waals surface area contributed by atoms with Gasteiger partial charge in [-0.25, -0.2) is 4.79 Å². The summed E-state index contributed by atoms with van der Waals surface area (Å²) in [5.74, 6) is -2.68. The summed E-state index contributed by atoms with van der Waals surface area (Å²) in [6.45, 7) is 2.43. The van der Waals surface area contributed by atoms with Crippen molar-refractivity contribution in [1.82, 2.24) is 5.32 Å². The summed E-state index contributed by atoms with van der Waals surface area (Å²) < 4.78 is 0. The summed E-state index contributed by atoms with van der Waals surface area (Å²) in [4.78, 5) is 22.0. The lowest BCUT2D eigenvalue weighted by molar-refractivity contribution is -0.166. The van der Waals surface area contributed by atoms with Gasteiger partial charge in [0.2, 0.25) is 0 Å². The molecule has 0 aromatic rings. The van der Waals surface area contributed by atoms with Crippen LogP contribution in [0.5, 0.6) is 0 Å². The highest BCUT2D eigenvalue weighted by Crippen LogP contribution is 2.07. The fourth-order valence-electron chi connectivity index (χ4n) is 1.90. The summed E-state index contributed by atoms with van der Waals surface area (Å²) in [5, 5.41) is 48.3. The molecule has 0 aliphatic heterocycles. The van der Waals surface area contributed by atoms with E-state index >= 15 is 0 Å². The second kappa shape index (κ2) is 11.4. The fraction of sp³-hybridized carbons (Fsp3) is 0.857. The highest BCUT2D eigenvalue weighted by molar-refractivity contribution is 5.81. The highest BCUT2D eigenvalue weighted by atomic mass is 16.4. The molecule has 22 heavy (non-hydrogen) atoms. The standard InChI is InChI=1S/C14H27NO7/c1-2-3-4-5-6-7-8-15-13(20)11(18)9(16)10(17)12(19)14(21)22/h9-12,16-19H,2-8H2,1H3,(H,15,20)(H,21,22)/t9-,10-,11+,12-/m0/s1. The molecule has 0 aliphatic rings. The number of amides is 1. The third-order valence-corrected chi connectivity index (χ3v) is 3.35. The van der Waals surface area contributed by atoms with Crippen molar-refractivity contribution in [1.29, 1.82) is 0 Å². The SMILES string of the molecule is CCCCCCCCNC(=O)[C@H](O)[C@@H](O)[C@H](O)[C@H](O)C(=O)O. The number of hydrogen-bond donors (Lipinski definition) is 6. The third-order valence-electron chi connectivity index (χ3n) is 3.35. The van der Waals surface area contributed by atoms with Gasteiger partial charge in [-0.15, -0.1) is 0 Å². The van der Waals surface area contributed by atoms with Crippen molar-refractivity contribution in [2.75, 3.05) is 6.54 Å². The Labute approximate surface area is 129 Å². The van der Waals surface area contributed by atoms with Crippen molar-refractivity contribution in [3.05, 3.63) is 0 Å². The zero-order chi connectivity index (χ0) is 17.1. The number of carboxylic acid groups (broad SMARTS) is 1. The van der Waals surface area contributed by atoms with E-state index in [1.165, 1.54) is 6.42 Å². The molecule has 0 spiro atoms. The van der Waals surface area contributed by atoms with Crippen LogP contribution < -0.4 is 5.32 Å². The van der Waals surface area contributed by atoms with E-state index in [1.807, 2.05) is 0 Å². The third kappa shape index (κ3) is 7.69. The van der Waals surface area contributed by atoms with Gasteiger partial charge in [0, 0.05) is 6.54 Å². The Morgan fingerprint density at radius 2 is 1.36 bits per heavy atom. The Balaban J connectivity index is 4.02. The van der Waals surface area contributed by atoms with Crippen molar-refractivity contribution in [3.63, 3.8) is 0 Å². The Kier molecular flexibility index (Phi) is 10.7. The molecule has 0 aromatic carbocycles. The summed E-state index contributed by atoms with van der Waals surface area (Å²) in [7, 11) is 0. The molecule has 6 N–H and O–H groups in total. The monoisotopic (exact) mass is 321 g/mol. The predicted octanol–water partition coefficient (Wildman–Crippen LogP) is -1.01. The zero-order valence-corrected chi connectivity index (χ0v) is 12.8. The van der Waals surface area contributed by atoms with Gasteiger partial charge in [0.15, 0.2) is 12.2 Å². The average Bonchev–Trinajstić information content (AvgIpc) is 2.50. The molecule has 0 heterocycles. The van der Waals surface area contributed by atoms with E-state index in [0.29, 0.717) is 6.54 Å². The first kappa shape index (κ1) is 20.8. The van der Waals surface area contributed by atoms with Gasteiger partial charge in [-0.2, -0.15) is 0 Å². The van der Waals surface area contributed by atoms with Crippen LogP contribution in [0.2, 0.25) is 0 Å². The van der Waals surface area contributed by atoms with E-state index in [2.05, 4.69) is 12.2 Å². The number of hydrogen-bond acceptors (Lipinski definition) is 6. The molecular formula is C14H27NO7. The minimum Gasteiger partial charge on any atom is -0.479 e. The van der Waals surface area contributed by atoms with Crippen LogP contribution in [-0.2, 0) is 9.59 Å². The molecule has 0 bridgehead atoms. The van der Waals surface area contributed by atoms with Crippen molar-refractivity contribution in [2.24, 2.45) is 0 Å². The van der Waals surface area contributed by atoms with Gasteiger partial charge in [0.05, 0.1) is 0 Å². The molecule has 0 saturated heterocycles. The number of nitrogens with one attached hydrogen (secondary N) is 1. The van der Waals surface area contributed by atoms with Crippen LogP contribution in [-0.4, -0.2) is 68.4 Å². The van der Waals surface area contributed by atoms with Crippen LogP contribution in [0.25, 0.3) is 0 Å². The summed E-state index contributed by atoms with van der Waals surface area (Å²) >= 11 is 0. The number of rotatable bonds is 12. The lowest BCUT2D eigenvalue weighted by Gasteiger charge is -2.23. The van der Waals surface area contributed by atoms with Crippen LogP contribution in [0.4, 0.5) is 0 Å². The number of carbonyl (C=O) groups is 2. The van der Waals surface area contributed by atoms with Crippen molar-refractivity contribution in [2.45, 2.75) is 69.9 Å². The molecule has 8 nitrogen and oxygen atoms in total. The molecule has 0 saturated carbocycles. The largest absolute Gasteiger partial charge is 0.479 e. The van der Waals surface area contributed by atoms with E-state index in [9.17, 15) is 24.9 Å². The van der Waals surface area contributed by atoms with Gasteiger partial charge in [0.1, 0.15) is 12.2 Å². The van der Waals surface area contributed by atoms with Gasteiger partial charge >= 0.3 is 5.97 Å².